The van der Waals surface area contributed by atoms with Crippen LogP contribution < -0.4 is 15.4 Å². The van der Waals surface area contributed by atoms with E-state index in [0.29, 0.717) is 13.2 Å². The molecule has 1 aromatic carbocycles. The second-order valence-electron chi connectivity index (χ2n) is 3.91. The first kappa shape index (κ1) is 13.5. The minimum atomic E-state index is -0.0595. The lowest BCUT2D eigenvalue weighted by atomic mass is 10.1. The molecule has 0 saturated heterocycles. The van der Waals surface area contributed by atoms with Crippen LogP contribution >= 0.6 is 0 Å². The maximum Gasteiger partial charge on any atom is 0.228 e. The highest BCUT2D eigenvalue weighted by atomic mass is 16.5. The molecule has 0 aliphatic heterocycles. The third-order valence-electron chi connectivity index (χ3n) is 2.37. The van der Waals surface area contributed by atoms with Gasteiger partial charge in [-0.15, -0.1) is 0 Å². The molecule has 1 rings (SSSR count). The largest absolute Gasteiger partial charge is 0.494 e. The average Bonchev–Trinajstić information content (AvgIpc) is 2.30. The fraction of sp³-hybridized carbons (Fsp3) is 0.462. The standard InChI is InChI=1S/C13H20N2O2/c1-4-17-12-7-5-6-11(8-12)15-13(16)10(2)9-14-3/h5-8,10,14H,4,9H2,1-3H3,(H,15,16). The predicted octanol–water partition coefficient (Wildman–Crippen LogP) is 1.88. The second kappa shape index (κ2) is 6.91. The number of carbonyl (C=O) groups is 1. The quantitative estimate of drug-likeness (QED) is 0.793. The lowest BCUT2D eigenvalue weighted by Gasteiger charge is -2.12. The maximum absolute atomic E-state index is 11.8. The van der Waals surface area contributed by atoms with Crippen LogP contribution in [0.25, 0.3) is 0 Å². The number of anilines is 1. The van der Waals surface area contributed by atoms with Crippen molar-refractivity contribution < 1.29 is 9.53 Å². The minimum Gasteiger partial charge on any atom is -0.494 e. The molecule has 0 radical (unpaired) electrons. The molecule has 0 fully saturated rings. The smallest absolute Gasteiger partial charge is 0.228 e. The van der Waals surface area contributed by atoms with Gasteiger partial charge in [-0.2, -0.15) is 0 Å². The van der Waals surface area contributed by atoms with E-state index in [1.807, 2.05) is 45.2 Å². The molecule has 0 aromatic heterocycles. The van der Waals surface area contributed by atoms with Crippen molar-refractivity contribution in [2.24, 2.45) is 5.92 Å². The molecule has 1 amide bonds. The molecule has 0 saturated carbocycles. The average molecular weight is 236 g/mol. The Kier molecular flexibility index (Phi) is 5.49. The molecular formula is C13H20N2O2. The fourth-order valence-electron chi connectivity index (χ4n) is 1.49. The van der Waals surface area contributed by atoms with Gasteiger partial charge in [0.1, 0.15) is 5.75 Å². The first-order valence-electron chi connectivity index (χ1n) is 5.85. The van der Waals surface area contributed by atoms with Gasteiger partial charge in [-0.3, -0.25) is 4.79 Å². The zero-order valence-corrected chi connectivity index (χ0v) is 10.6. The predicted molar refractivity (Wildman–Crippen MR) is 69.3 cm³/mol. The number of carbonyl (C=O) groups excluding carboxylic acids is 1. The van der Waals surface area contributed by atoms with Crippen LogP contribution in [0.3, 0.4) is 0 Å². The molecule has 4 heteroatoms. The van der Waals surface area contributed by atoms with Crippen molar-refractivity contribution in [3.05, 3.63) is 24.3 Å². The van der Waals surface area contributed by atoms with Gasteiger partial charge in [0.25, 0.3) is 0 Å². The van der Waals surface area contributed by atoms with E-state index in [-0.39, 0.29) is 11.8 Å². The lowest BCUT2D eigenvalue weighted by Crippen LogP contribution is -2.28. The summed E-state index contributed by atoms with van der Waals surface area (Å²) in [6.07, 6.45) is 0. The summed E-state index contributed by atoms with van der Waals surface area (Å²) in [6, 6.07) is 7.42. The van der Waals surface area contributed by atoms with Gasteiger partial charge in [-0.1, -0.05) is 13.0 Å². The summed E-state index contributed by atoms with van der Waals surface area (Å²) in [5.74, 6) is 0.718. The molecule has 0 aliphatic rings. The van der Waals surface area contributed by atoms with Gasteiger partial charge in [0.05, 0.1) is 6.61 Å². The van der Waals surface area contributed by atoms with Gasteiger partial charge in [0.15, 0.2) is 0 Å². The molecule has 0 spiro atoms. The Labute approximate surface area is 102 Å². The van der Waals surface area contributed by atoms with Crippen molar-refractivity contribution in [2.45, 2.75) is 13.8 Å². The Morgan fingerprint density at radius 3 is 2.88 bits per heavy atom. The van der Waals surface area contributed by atoms with Crippen molar-refractivity contribution in [1.29, 1.82) is 0 Å². The zero-order chi connectivity index (χ0) is 12.7. The first-order valence-corrected chi connectivity index (χ1v) is 5.85. The summed E-state index contributed by atoms with van der Waals surface area (Å²) in [6.45, 7) is 5.10. The molecule has 1 atom stereocenters. The molecule has 4 nitrogen and oxygen atoms in total. The van der Waals surface area contributed by atoms with E-state index in [2.05, 4.69) is 10.6 Å². The van der Waals surface area contributed by atoms with Crippen LogP contribution in [0.1, 0.15) is 13.8 Å². The highest BCUT2D eigenvalue weighted by Gasteiger charge is 2.11. The van der Waals surface area contributed by atoms with E-state index in [4.69, 9.17) is 4.74 Å². The molecular weight excluding hydrogens is 216 g/mol. The van der Waals surface area contributed by atoms with Crippen LogP contribution in [-0.2, 0) is 4.79 Å². The minimum absolute atomic E-state index is 0.00741. The van der Waals surface area contributed by atoms with Crippen LogP contribution in [0.4, 0.5) is 5.69 Å². The SMILES string of the molecule is CCOc1cccc(NC(=O)C(C)CNC)c1. The Morgan fingerprint density at radius 1 is 1.47 bits per heavy atom. The lowest BCUT2D eigenvalue weighted by molar-refractivity contribution is -0.119. The monoisotopic (exact) mass is 236 g/mol. The van der Waals surface area contributed by atoms with Gasteiger partial charge < -0.3 is 15.4 Å². The summed E-state index contributed by atoms with van der Waals surface area (Å²) >= 11 is 0. The van der Waals surface area contributed by atoms with E-state index >= 15 is 0 Å². The van der Waals surface area contributed by atoms with Crippen LogP contribution in [0.15, 0.2) is 24.3 Å². The maximum atomic E-state index is 11.8. The Bertz CT molecular complexity index is 366. The van der Waals surface area contributed by atoms with Crippen molar-refractivity contribution in [3.8, 4) is 5.75 Å². The summed E-state index contributed by atoms with van der Waals surface area (Å²) < 4.78 is 5.37. The second-order valence-corrected chi connectivity index (χ2v) is 3.91. The first-order chi connectivity index (χ1) is 8.17. The fourth-order valence-corrected chi connectivity index (χ4v) is 1.49. The number of rotatable bonds is 6. The summed E-state index contributed by atoms with van der Waals surface area (Å²) in [7, 11) is 1.83. The van der Waals surface area contributed by atoms with Crippen molar-refractivity contribution >= 4 is 11.6 Å². The molecule has 0 aliphatic carbocycles. The number of ether oxygens (including phenoxy) is 1. The molecule has 94 valence electrons. The number of nitrogens with one attached hydrogen (secondary N) is 2. The summed E-state index contributed by atoms with van der Waals surface area (Å²) in [5, 5.41) is 5.85. The van der Waals surface area contributed by atoms with Crippen LogP contribution in [0, 0.1) is 5.92 Å². The third-order valence-corrected chi connectivity index (χ3v) is 2.37. The van der Waals surface area contributed by atoms with Crippen LogP contribution in [0.2, 0.25) is 0 Å². The molecule has 0 heterocycles. The van der Waals surface area contributed by atoms with E-state index in [1.165, 1.54) is 0 Å². The Balaban J connectivity index is 2.61. The number of hydrogen-bond donors (Lipinski definition) is 2. The highest BCUT2D eigenvalue weighted by molar-refractivity contribution is 5.92. The number of hydrogen-bond acceptors (Lipinski definition) is 3. The third kappa shape index (κ3) is 4.44. The van der Waals surface area contributed by atoms with Crippen molar-refractivity contribution in [1.82, 2.24) is 5.32 Å². The normalized spacial score (nSPS) is 11.9. The van der Waals surface area contributed by atoms with E-state index < -0.39 is 0 Å². The molecule has 0 bridgehead atoms. The van der Waals surface area contributed by atoms with E-state index in [9.17, 15) is 4.79 Å². The van der Waals surface area contributed by atoms with Crippen molar-refractivity contribution in [3.63, 3.8) is 0 Å². The van der Waals surface area contributed by atoms with Gasteiger partial charge >= 0.3 is 0 Å². The summed E-state index contributed by atoms with van der Waals surface area (Å²) in [4.78, 5) is 11.8. The van der Waals surface area contributed by atoms with Crippen LogP contribution in [-0.4, -0.2) is 26.1 Å². The van der Waals surface area contributed by atoms with Gasteiger partial charge in [-0.25, -0.2) is 0 Å². The molecule has 1 aromatic rings. The zero-order valence-electron chi connectivity index (χ0n) is 10.6. The summed E-state index contributed by atoms with van der Waals surface area (Å²) in [5.41, 5.74) is 0.768. The topological polar surface area (TPSA) is 50.4 Å². The number of amides is 1. The van der Waals surface area contributed by atoms with Crippen LogP contribution in [0.5, 0.6) is 5.75 Å². The Hall–Kier alpha value is -1.55. The van der Waals surface area contributed by atoms with Crippen molar-refractivity contribution in [2.75, 3.05) is 25.5 Å². The Morgan fingerprint density at radius 2 is 2.24 bits per heavy atom. The van der Waals surface area contributed by atoms with Gasteiger partial charge in [0, 0.05) is 24.2 Å². The van der Waals surface area contributed by atoms with Gasteiger partial charge in [0.2, 0.25) is 5.91 Å². The van der Waals surface area contributed by atoms with E-state index in [0.717, 1.165) is 11.4 Å². The highest BCUT2D eigenvalue weighted by Crippen LogP contribution is 2.17. The molecule has 17 heavy (non-hydrogen) atoms. The van der Waals surface area contributed by atoms with Gasteiger partial charge in [-0.05, 0) is 26.1 Å². The van der Waals surface area contributed by atoms with E-state index in [1.54, 1.807) is 0 Å². The number of benzene rings is 1. The molecule has 2 N–H and O–H groups in total. The molecule has 1 unspecified atom stereocenters.